The highest BCUT2D eigenvalue weighted by Gasteiger charge is 2.52. The summed E-state index contributed by atoms with van der Waals surface area (Å²) in [5.41, 5.74) is 1.42. The van der Waals surface area contributed by atoms with E-state index in [1.807, 2.05) is 31.2 Å². The summed E-state index contributed by atoms with van der Waals surface area (Å²) >= 11 is 0. The van der Waals surface area contributed by atoms with Crippen molar-refractivity contribution in [3.63, 3.8) is 0 Å². The Hall–Kier alpha value is -2.32. The van der Waals surface area contributed by atoms with Crippen molar-refractivity contribution in [1.82, 2.24) is 5.32 Å². The quantitative estimate of drug-likeness (QED) is 0.584. The SMILES string of the molecule is Cc1cccc(CO[C@]2(C(=O)NC3CC3)CC(OCc3ccc(F)cc3)[C@H](O)[C@H](O)C2)c1. The molecule has 6 nitrogen and oxygen atoms in total. The Bertz CT molecular complexity index is 932. The summed E-state index contributed by atoms with van der Waals surface area (Å²) < 4.78 is 25.3. The van der Waals surface area contributed by atoms with Crippen LogP contribution in [0.3, 0.4) is 0 Å². The number of aryl methyl sites for hydroxylation is 1. The largest absolute Gasteiger partial charge is 0.390 e. The van der Waals surface area contributed by atoms with Gasteiger partial charge in [0.2, 0.25) is 0 Å². The van der Waals surface area contributed by atoms with Crippen molar-refractivity contribution in [2.45, 2.75) is 75.8 Å². The van der Waals surface area contributed by atoms with E-state index in [1.165, 1.54) is 12.1 Å². The minimum absolute atomic E-state index is 0.0189. The first-order chi connectivity index (χ1) is 15.3. The number of rotatable bonds is 8. The average molecular weight is 444 g/mol. The van der Waals surface area contributed by atoms with Gasteiger partial charge in [-0.3, -0.25) is 4.79 Å². The number of amides is 1. The van der Waals surface area contributed by atoms with E-state index < -0.39 is 23.9 Å². The maximum absolute atomic E-state index is 13.2. The van der Waals surface area contributed by atoms with Gasteiger partial charge in [0.25, 0.3) is 5.91 Å². The van der Waals surface area contributed by atoms with Crippen molar-refractivity contribution in [2.75, 3.05) is 0 Å². The first kappa shape index (κ1) is 22.9. The molecule has 0 heterocycles. The third-order valence-corrected chi connectivity index (χ3v) is 6.15. The second-order valence-corrected chi connectivity index (χ2v) is 8.96. The van der Waals surface area contributed by atoms with Crippen LogP contribution in [-0.2, 0) is 27.5 Å². The maximum Gasteiger partial charge on any atom is 0.252 e. The van der Waals surface area contributed by atoms with Gasteiger partial charge >= 0.3 is 0 Å². The summed E-state index contributed by atoms with van der Waals surface area (Å²) in [7, 11) is 0. The lowest BCUT2D eigenvalue weighted by atomic mass is 9.78. The van der Waals surface area contributed by atoms with Gasteiger partial charge in [-0.1, -0.05) is 42.0 Å². The molecular weight excluding hydrogens is 413 g/mol. The van der Waals surface area contributed by atoms with E-state index in [1.54, 1.807) is 12.1 Å². The van der Waals surface area contributed by atoms with Crippen molar-refractivity contribution in [3.8, 4) is 0 Å². The molecule has 1 amide bonds. The zero-order chi connectivity index (χ0) is 22.7. The number of aliphatic hydroxyl groups is 2. The highest BCUT2D eigenvalue weighted by atomic mass is 19.1. The lowest BCUT2D eigenvalue weighted by molar-refractivity contribution is -0.200. The number of hydrogen-bond acceptors (Lipinski definition) is 5. The number of benzene rings is 2. The van der Waals surface area contributed by atoms with Crippen LogP contribution < -0.4 is 5.32 Å². The van der Waals surface area contributed by atoms with Gasteiger partial charge in [0, 0.05) is 18.9 Å². The molecule has 2 aromatic rings. The Morgan fingerprint density at radius 3 is 2.53 bits per heavy atom. The van der Waals surface area contributed by atoms with E-state index in [2.05, 4.69) is 5.32 Å². The Morgan fingerprint density at radius 1 is 1.09 bits per heavy atom. The molecule has 0 aliphatic heterocycles. The normalized spacial score (nSPS) is 27.8. The van der Waals surface area contributed by atoms with Crippen molar-refractivity contribution < 1.29 is 28.9 Å². The second kappa shape index (κ2) is 9.67. The Labute approximate surface area is 187 Å². The van der Waals surface area contributed by atoms with E-state index in [0.717, 1.165) is 29.5 Å². The van der Waals surface area contributed by atoms with Gasteiger partial charge < -0.3 is 25.0 Å². The fourth-order valence-corrected chi connectivity index (χ4v) is 4.11. The lowest BCUT2D eigenvalue weighted by Crippen LogP contribution is -2.60. The van der Waals surface area contributed by atoms with Gasteiger partial charge in [-0.05, 0) is 43.0 Å². The number of halogens is 1. The summed E-state index contributed by atoms with van der Waals surface area (Å²) in [5, 5.41) is 24.2. The zero-order valence-corrected chi connectivity index (χ0v) is 18.2. The molecular formula is C25H30FNO5. The molecule has 0 aromatic heterocycles. The van der Waals surface area contributed by atoms with Crippen molar-refractivity contribution >= 4 is 5.91 Å². The molecule has 2 fully saturated rings. The molecule has 4 atom stereocenters. The van der Waals surface area contributed by atoms with Crippen LogP contribution in [-0.4, -0.2) is 46.1 Å². The number of ether oxygens (including phenoxy) is 2. The minimum atomic E-state index is -1.32. The van der Waals surface area contributed by atoms with Crippen LogP contribution in [0.25, 0.3) is 0 Å². The van der Waals surface area contributed by atoms with Crippen LogP contribution in [0.5, 0.6) is 0 Å². The van der Waals surface area contributed by atoms with E-state index in [-0.39, 0.29) is 43.8 Å². The topological polar surface area (TPSA) is 88.0 Å². The molecule has 32 heavy (non-hydrogen) atoms. The van der Waals surface area contributed by atoms with Crippen LogP contribution in [0.2, 0.25) is 0 Å². The van der Waals surface area contributed by atoms with Gasteiger partial charge in [-0.25, -0.2) is 4.39 Å². The van der Waals surface area contributed by atoms with Crippen molar-refractivity contribution in [3.05, 3.63) is 71.0 Å². The highest BCUT2D eigenvalue weighted by Crippen LogP contribution is 2.36. The van der Waals surface area contributed by atoms with Crippen LogP contribution >= 0.6 is 0 Å². The van der Waals surface area contributed by atoms with Gasteiger partial charge in [0.15, 0.2) is 5.60 Å². The molecule has 2 aliphatic rings. The molecule has 172 valence electrons. The minimum Gasteiger partial charge on any atom is -0.390 e. The highest BCUT2D eigenvalue weighted by molar-refractivity contribution is 5.86. The summed E-state index contributed by atoms with van der Waals surface area (Å²) in [6, 6.07) is 13.8. The monoisotopic (exact) mass is 443 g/mol. The Kier molecular flexibility index (Phi) is 6.90. The fourth-order valence-electron chi connectivity index (χ4n) is 4.11. The Morgan fingerprint density at radius 2 is 1.84 bits per heavy atom. The van der Waals surface area contributed by atoms with E-state index >= 15 is 0 Å². The maximum atomic E-state index is 13.2. The molecule has 0 saturated heterocycles. The van der Waals surface area contributed by atoms with Crippen LogP contribution in [0, 0.1) is 12.7 Å². The summed E-state index contributed by atoms with van der Waals surface area (Å²) in [4.78, 5) is 13.2. The van der Waals surface area contributed by atoms with Crippen LogP contribution in [0.15, 0.2) is 48.5 Å². The first-order valence-electron chi connectivity index (χ1n) is 11.1. The predicted molar refractivity (Wildman–Crippen MR) is 116 cm³/mol. The van der Waals surface area contributed by atoms with E-state index in [0.29, 0.717) is 0 Å². The molecule has 7 heteroatoms. The van der Waals surface area contributed by atoms with Gasteiger partial charge in [0.05, 0.1) is 25.4 Å². The number of carbonyl (C=O) groups is 1. The van der Waals surface area contributed by atoms with Gasteiger partial charge in [-0.15, -0.1) is 0 Å². The molecule has 2 aromatic carbocycles. The number of aliphatic hydroxyl groups excluding tert-OH is 2. The lowest BCUT2D eigenvalue weighted by Gasteiger charge is -2.44. The molecule has 0 radical (unpaired) electrons. The standard InChI is InChI=1S/C25H30FNO5/c1-16-3-2-4-18(11-16)15-32-25(24(30)27-20-9-10-20)12-21(28)23(29)22(13-25)31-14-17-5-7-19(26)8-6-17/h2-8,11,20-23,28-29H,9-10,12-15H2,1H3,(H,27,30)/t21-,22?,23-,25+/m1/s1. The third-order valence-electron chi connectivity index (χ3n) is 6.15. The molecule has 4 rings (SSSR count). The number of hydrogen-bond donors (Lipinski definition) is 3. The molecule has 0 bridgehead atoms. The third kappa shape index (κ3) is 5.53. The van der Waals surface area contributed by atoms with Crippen LogP contribution in [0.4, 0.5) is 4.39 Å². The van der Waals surface area contributed by atoms with Gasteiger partial charge in [-0.2, -0.15) is 0 Å². The predicted octanol–water partition coefficient (Wildman–Crippen LogP) is 2.77. The zero-order valence-electron chi connectivity index (χ0n) is 18.2. The van der Waals surface area contributed by atoms with Crippen LogP contribution in [0.1, 0.15) is 42.4 Å². The Balaban J connectivity index is 1.51. The fraction of sp³-hybridized carbons (Fsp3) is 0.480. The first-order valence-corrected chi connectivity index (χ1v) is 11.1. The van der Waals surface area contributed by atoms with E-state index in [4.69, 9.17) is 9.47 Å². The average Bonchev–Trinajstić information content (AvgIpc) is 3.59. The molecule has 2 aliphatic carbocycles. The summed E-state index contributed by atoms with van der Waals surface area (Å²) in [6.45, 7) is 2.30. The molecule has 1 unspecified atom stereocenters. The molecule has 3 N–H and O–H groups in total. The van der Waals surface area contributed by atoms with E-state index in [9.17, 15) is 19.4 Å². The second-order valence-electron chi connectivity index (χ2n) is 8.96. The smallest absolute Gasteiger partial charge is 0.252 e. The van der Waals surface area contributed by atoms with Gasteiger partial charge in [0.1, 0.15) is 11.9 Å². The van der Waals surface area contributed by atoms with Crippen molar-refractivity contribution in [2.24, 2.45) is 0 Å². The summed E-state index contributed by atoms with van der Waals surface area (Å²) in [5.74, 6) is -0.629. The molecule has 0 spiro atoms. The molecule has 2 saturated carbocycles. The number of nitrogens with one attached hydrogen (secondary N) is 1. The van der Waals surface area contributed by atoms with Crippen molar-refractivity contribution in [1.29, 1.82) is 0 Å². The summed E-state index contributed by atoms with van der Waals surface area (Å²) in [6.07, 6.45) is -1.20. The number of carbonyl (C=O) groups excluding carboxylic acids is 1.